The number of anilines is 2. The topological polar surface area (TPSA) is 6.48 Å². The quantitative estimate of drug-likeness (QED) is 0.439. The third-order valence-electron chi connectivity index (χ3n) is 6.18. The van der Waals surface area contributed by atoms with Gasteiger partial charge in [0, 0.05) is 23.5 Å². The molecule has 2 nitrogen and oxygen atoms in total. The minimum absolute atomic E-state index is 0.177. The lowest BCUT2D eigenvalue weighted by atomic mass is 10.0. The van der Waals surface area contributed by atoms with E-state index < -0.39 is 9.96 Å². The van der Waals surface area contributed by atoms with Gasteiger partial charge in [0.1, 0.15) is 0 Å². The minimum atomic E-state index is -1.48. The van der Waals surface area contributed by atoms with Gasteiger partial charge in [-0.3, -0.25) is 0 Å². The summed E-state index contributed by atoms with van der Waals surface area (Å²) in [4.78, 5) is 4.64. The van der Waals surface area contributed by atoms with E-state index in [2.05, 4.69) is 89.5 Å². The number of hydrogen-bond acceptors (Lipinski definition) is 2. The molecule has 0 amide bonds. The number of nitrogens with zero attached hydrogens (tertiary/aromatic N) is 2. The molecule has 5 heteroatoms. The van der Waals surface area contributed by atoms with Crippen molar-refractivity contribution in [3.05, 3.63) is 57.6 Å². The summed E-state index contributed by atoms with van der Waals surface area (Å²) in [6.07, 6.45) is -0.405. The summed E-state index contributed by atoms with van der Waals surface area (Å²) in [6.45, 7) is 17.3. The van der Waals surface area contributed by atoms with Crippen LogP contribution in [0.5, 0.6) is 0 Å². The van der Waals surface area contributed by atoms with Crippen LogP contribution in [0.2, 0.25) is 0 Å². The van der Waals surface area contributed by atoms with Crippen LogP contribution in [0.25, 0.3) is 0 Å². The highest BCUT2D eigenvalue weighted by atomic mass is 35.6. The maximum atomic E-state index is 6.68. The SMILES string of the molecule is Cc1cc(C)c(N2C(C(Cl)(Cl)Cl)N(c3c(C)cc(C)cc3C)[C@H](C)[C@H]2C)c(C)c1. The first-order chi connectivity index (χ1) is 13.3. The van der Waals surface area contributed by atoms with Crippen molar-refractivity contribution in [2.75, 3.05) is 9.80 Å². The van der Waals surface area contributed by atoms with E-state index >= 15 is 0 Å². The molecule has 0 saturated carbocycles. The van der Waals surface area contributed by atoms with Crippen LogP contribution in [0.1, 0.15) is 47.2 Å². The molecule has 2 atom stereocenters. The Bertz CT molecular complexity index is 817. The predicted molar refractivity (Wildman–Crippen MR) is 129 cm³/mol. The van der Waals surface area contributed by atoms with Crippen molar-refractivity contribution < 1.29 is 0 Å². The summed E-state index contributed by atoms with van der Waals surface area (Å²) in [6, 6.07) is 9.19. The number of hydrogen-bond donors (Lipinski definition) is 0. The van der Waals surface area contributed by atoms with E-state index in [4.69, 9.17) is 34.8 Å². The second-order valence-corrected chi connectivity index (χ2v) is 11.1. The first-order valence-electron chi connectivity index (χ1n) is 10.1. The molecule has 3 rings (SSSR count). The van der Waals surface area contributed by atoms with Crippen LogP contribution in [-0.2, 0) is 0 Å². The van der Waals surface area contributed by atoms with E-state index in [0.29, 0.717) is 0 Å². The van der Waals surface area contributed by atoms with Gasteiger partial charge >= 0.3 is 0 Å². The van der Waals surface area contributed by atoms with Crippen LogP contribution in [0.15, 0.2) is 24.3 Å². The van der Waals surface area contributed by atoms with Gasteiger partial charge in [0.05, 0.1) is 0 Å². The average Bonchev–Trinajstić information content (AvgIpc) is 2.79. The third kappa shape index (κ3) is 3.96. The highest BCUT2D eigenvalue weighted by molar-refractivity contribution is 6.68. The Kier molecular flexibility index (Phi) is 6.13. The van der Waals surface area contributed by atoms with Crippen molar-refractivity contribution in [2.45, 2.75) is 77.4 Å². The lowest BCUT2D eigenvalue weighted by Crippen LogP contribution is -2.50. The molecule has 0 spiro atoms. The molecular weight excluding hydrogens is 423 g/mol. The maximum absolute atomic E-state index is 6.68. The van der Waals surface area contributed by atoms with E-state index in [-0.39, 0.29) is 12.1 Å². The van der Waals surface area contributed by atoms with Gasteiger partial charge in [0.2, 0.25) is 3.79 Å². The number of halogens is 3. The van der Waals surface area contributed by atoms with Crippen molar-refractivity contribution in [2.24, 2.45) is 0 Å². The summed E-state index contributed by atoms with van der Waals surface area (Å²) in [7, 11) is 0. The molecular formula is C24H31Cl3N2. The van der Waals surface area contributed by atoms with Gasteiger partial charge in [-0.15, -0.1) is 0 Å². The van der Waals surface area contributed by atoms with E-state index in [0.717, 1.165) is 11.4 Å². The van der Waals surface area contributed by atoms with Gasteiger partial charge in [-0.2, -0.15) is 0 Å². The Balaban J connectivity index is 2.26. The number of rotatable bonds is 2. The number of alkyl halides is 3. The molecule has 1 heterocycles. The zero-order valence-corrected chi connectivity index (χ0v) is 20.8. The molecule has 1 saturated heterocycles. The lowest BCUT2D eigenvalue weighted by Gasteiger charge is -2.40. The Morgan fingerprint density at radius 3 is 1.14 bits per heavy atom. The van der Waals surface area contributed by atoms with Crippen molar-refractivity contribution in [1.29, 1.82) is 0 Å². The van der Waals surface area contributed by atoms with Crippen molar-refractivity contribution >= 4 is 46.2 Å². The van der Waals surface area contributed by atoms with Crippen LogP contribution in [0.4, 0.5) is 11.4 Å². The molecule has 1 aliphatic heterocycles. The van der Waals surface area contributed by atoms with Crippen LogP contribution < -0.4 is 9.80 Å². The minimum Gasteiger partial charge on any atom is -0.342 e. The zero-order chi connectivity index (χ0) is 21.8. The fourth-order valence-electron chi connectivity index (χ4n) is 5.17. The third-order valence-corrected chi connectivity index (χ3v) is 6.77. The standard InChI is InChI=1S/C24H31Cl3N2/c1-13-9-15(3)21(16(4)10-13)28-19(7)20(8)29(23(28)24(25,26)27)22-17(5)11-14(2)12-18(22)6/h9-12,19-20,23H,1-8H3/t19-,20-/m1/s1. The molecule has 0 N–H and O–H groups in total. The van der Waals surface area contributed by atoms with Crippen molar-refractivity contribution in [1.82, 2.24) is 0 Å². The van der Waals surface area contributed by atoms with Crippen molar-refractivity contribution in [3.8, 4) is 0 Å². The van der Waals surface area contributed by atoms with Crippen LogP contribution in [0.3, 0.4) is 0 Å². The fraction of sp³-hybridized carbons (Fsp3) is 0.500. The lowest BCUT2D eigenvalue weighted by molar-refractivity contribution is 0.643. The molecule has 2 aromatic rings. The molecule has 0 bridgehead atoms. The first kappa shape index (κ1) is 22.6. The predicted octanol–water partition coefficient (Wildman–Crippen LogP) is 7.34. The molecule has 29 heavy (non-hydrogen) atoms. The molecule has 1 fully saturated rings. The van der Waals surface area contributed by atoms with Crippen LogP contribution >= 0.6 is 34.8 Å². The summed E-state index contributed by atoms with van der Waals surface area (Å²) >= 11 is 20.0. The highest BCUT2D eigenvalue weighted by Crippen LogP contribution is 2.48. The van der Waals surface area contributed by atoms with Crippen LogP contribution in [0, 0.1) is 41.5 Å². The molecule has 2 aromatic carbocycles. The molecule has 158 valence electrons. The highest BCUT2D eigenvalue weighted by Gasteiger charge is 2.53. The molecule has 0 aliphatic carbocycles. The fourth-order valence-corrected chi connectivity index (χ4v) is 5.80. The Morgan fingerprint density at radius 2 is 0.897 bits per heavy atom. The normalized spacial score (nSPS) is 20.7. The number of benzene rings is 2. The second-order valence-electron chi connectivity index (χ2n) is 8.71. The second kappa shape index (κ2) is 7.87. The molecule has 0 radical (unpaired) electrons. The van der Waals surface area contributed by atoms with Gasteiger partial charge in [-0.25, -0.2) is 0 Å². The van der Waals surface area contributed by atoms with E-state index in [1.54, 1.807) is 0 Å². The summed E-state index contributed by atoms with van der Waals surface area (Å²) in [5.74, 6) is 0. The smallest absolute Gasteiger partial charge is 0.228 e. The monoisotopic (exact) mass is 452 g/mol. The van der Waals surface area contributed by atoms with E-state index in [1.165, 1.54) is 33.4 Å². The maximum Gasteiger partial charge on any atom is 0.228 e. The van der Waals surface area contributed by atoms with Gasteiger partial charge in [-0.1, -0.05) is 70.2 Å². The zero-order valence-electron chi connectivity index (χ0n) is 18.6. The summed E-state index contributed by atoms with van der Waals surface area (Å²) in [5, 5.41) is 0. The van der Waals surface area contributed by atoms with Gasteiger partial charge in [0.15, 0.2) is 6.17 Å². The molecule has 0 unspecified atom stereocenters. The largest absolute Gasteiger partial charge is 0.342 e. The Labute approximate surface area is 190 Å². The average molecular weight is 454 g/mol. The van der Waals surface area contributed by atoms with Gasteiger partial charge in [0.25, 0.3) is 0 Å². The van der Waals surface area contributed by atoms with Gasteiger partial charge in [-0.05, 0) is 77.6 Å². The first-order valence-corrected chi connectivity index (χ1v) is 11.3. The Hall–Kier alpha value is -1.09. The van der Waals surface area contributed by atoms with Crippen molar-refractivity contribution in [3.63, 3.8) is 0 Å². The molecule has 0 aromatic heterocycles. The Morgan fingerprint density at radius 1 is 0.621 bits per heavy atom. The molecule has 1 aliphatic rings. The number of aryl methyl sites for hydroxylation is 6. The van der Waals surface area contributed by atoms with E-state index in [9.17, 15) is 0 Å². The summed E-state index contributed by atoms with van der Waals surface area (Å²) < 4.78 is -1.48. The van der Waals surface area contributed by atoms with Crippen LogP contribution in [-0.4, -0.2) is 22.0 Å². The van der Waals surface area contributed by atoms with Gasteiger partial charge < -0.3 is 9.80 Å². The van der Waals surface area contributed by atoms with E-state index in [1.807, 2.05) is 0 Å². The summed E-state index contributed by atoms with van der Waals surface area (Å²) in [5.41, 5.74) is 9.65.